The van der Waals surface area contributed by atoms with Crippen molar-refractivity contribution in [2.24, 2.45) is 0 Å². The predicted octanol–water partition coefficient (Wildman–Crippen LogP) is 1.16. The van der Waals surface area contributed by atoms with E-state index in [1.807, 2.05) is 0 Å². The maximum atomic E-state index is 11.6. The van der Waals surface area contributed by atoms with Crippen LogP contribution in [-0.4, -0.2) is 18.8 Å². The Balaban J connectivity index is 3.29. The van der Waals surface area contributed by atoms with Crippen molar-refractivity contribution in [3.05, 3.63) is 18.2 Å². The van der Waals surface area contributed by atoms with E-state index in [0.717, 1.165) is 0 Å². The topological polar surface area (TPSA) is 80.4 Å². The quantitative estimate of drug-likeness (QED) is 0.573. The summed E-state index contributed by atoms with van der Waals surface area (Å²) in [5.41, 5.74) is 5.54. The highest BCUT2D eigenvalue weighted by molar-refractivity contribution is 7.92. The van der Waals surface area contributed by atoms with Crippen LogP contribution in [0.1, 0.15) is 13.8 Å². The van der Waals surface area contributed by atoms with Gasteiger partial charge >= 0.3 is 0 Å². The summed E-state index contributed by atoms with van der Waals surface area (Å²) in [5.74, 6) is -0.202. The van der Waals surface area contributed by atoms with Crippen molar-refractivity contribution in [2.75, 3.05) is 5.73 Å². The van der Waals surface area contributed by atoms with Crippen LogP contribution in [0.3, 0.4) is 0 Å². The molecule has 3 N–H and O–H groups in total. The fourth-order valence-electron chi connectivity index (χ4n) is 0.973. The van der Waals surface area contributed by atoms with Gasteiger partial charge in [-0.1, -0.05) is 0 Å². The Kier molecular flexibility index (Phi) is 2.71. The van der Waals surface area contributed by atoms with Crippen LogP contribution < -0.4 is 5.73 Å². The first-order valence-corrected chi connectivity index (χ1v) is 5.72. The SMILES string of the molecule is CC(C)S(=O)(=O)c1ccc(N)c(O)c1. The molecule has 0 bridgehead atoms. The van der Waals surface area contributed by atoms with Gasteiger partial charge in [0.25, 0.3) is 0 Å². The van der Waals surface area contributed by atoms with Gasteiger partial charge in [-0.25, -0.2) is 8.42 Å². The first-order valence-electron chi connectivity index (χ1n) is 4.18. The molecule has 1 rings (SSSR count). The third-order valence-corrected chi connectivity index (χ3v) is 4.10. The number of nitrogens with two attached hydrogens (primary N) is 1. The molecule has 0 saturated heterocycles. The van der Waals surface area contributed by atoms with E-state index in [9.17, 15) is 13.5 Å². The molecule has 0 amide bonds. The molecular weight excluding hydrogens is 202 g/mol. The van der Waals surface area contributed by atoms with Gasteiger partial charge in [-0.3, -0.25) is 0 Å². The highest BCUT2D eigenvalue weighted by Crippen LogP contribution is 2.25. The summed E-state index contributed by atoms with van der Waals surface area (Å²) in [4.78, 5) is 0.0965. The summed E-state index contributed by atoms with van der Waals surface area (Å²) >= 11 is 0. The molecule has 4 nitrogen and oxygen atoms in total. The lowest BCUT2D eigenvalue weighted by molar-refractivity contribution is 0.476. The molecule has 5 heteroatoms. The number of sulfone groups is 1. The highest BCUT2D eigenvalue weighted by atomic mass is 32.2. The van der Waals surface area contributed by atoms with Crippen molar-refractivity contribution < 1.29 is 13.5 Å². The lowest BCUT2D eigenvalue weighted by atomic mass is 10.3. The van der Waals surface area contributed by atoms with Crippen LogP contribution in [0, 0.1) is 0 Å². The zero-order chi connectivity index (χ0) is 10.9. The second-order valence-electron chi connectivity index (χ2n) is 3.31. The minimum Gasteiger partial charge on any atom is -0.506 e. The van der Waals surface area contributed by atoms with Crippen LogP contribution in [0.15, 0.2) is 23.1 Å². The van der Waals surface area contributed by atoms with Crippen LogP contribution >= 0.6 is 0 Å². The molecule has 0 unspecified atom stereocenters. The molecule has 0 aliphatic rings. The van der Waals surface area contributed by atoms with Crippen LogP contribution in [0.25, 0.3) is 0 Å². The Hall–Kier alpha value is -1.23. The van der Waals surface area contributed by atoms with Gasteiger partial charge in [-0.05, 0) is 26.0 Å². The molecule has 14 heavy (non-hydrogen) atoms. The summed E-state index contributed by atoms with van der Waals surface area (Å²) in [5, 5.41) is 8.75. The number of anilines is 1. The number of phenols is 1. The van der Waals surface area contributed by atoms with Gasteiger partial charge in [0.1, 0.15) is 5.75 Å². The van der Waals surface area contributed by atoms with E-state index in [0.29, 0.717) is 0 Å². The van der Waals surface area contributed by atoms with Crippen LogP contribution in [0.5, 0.6) is 5.75 Å². The second kappa shape index (κ2) is 3.49. The number of benzene rings is 1. The largest absolute Gasteiger partial charge is 0.506 e. The molecule has 1 aromatic carbocycles. The van der Waals surface area contributed by atoms with Gasteiger partial charge in [0.15, 0.2) is 9.84 Å². The van der Waals surface area contributed by atoms with Crippen molar-refractivity contribution in [1.29, 1.82) is 0 Å². The van der Waals surface area contributed by atoms with E-state index < -0.39 is 15.1 Å². The second-order valence-corrected chi connectivity index (χ2v) is 5.82. The molecule has 0 fully saturated rings. The molecule has 0 spiro atoms. The summed E-state index contributed by atoms with van der Waals surface area (Å²) in [6.45, 7) is 3.17. The van der Waals surface area contributed by atoms with Crippen LogP contribution in [0.2, 0.25) is 0 Å². The molecular formula is C9H13NO3S. The Morgan fingerprint density at radius 1 is 1.36 bits per heavy atom. The van der Waals surface area contributed by atoms with E-state index >= 15 is 0 Å². The maximum absolute atomic E-state index is 11.6. The van der Waals surface area contributed by atoms with Gasteiger partial charge in [0, 0.05) is 6.07 Å². The first-order chi connectivity index (χ1) is 6.35. The summed E-state index contributed by atoms with van der Waals surface area (Å²) in [6, 6.07) is 3.94. The monoisotopic (exact) mass is 215 g/mol. The smallest absolute Gasteiger partial charge is 0.180 e. The van der Waals surface area contributed by atoms with E-state index in [1.54, 1.807) is 13.8 Å². The van der Waals surface area contributed by atoms with Gasteiger partial charge in [-0.2, -0.15) is 0 Å². The number of phenolic OH excluding ortho intramolecular Hbond substituents is 1. The van der Waals surface area contributed by atoms with Gasteiger partial charge in [0.05, 0.1) is 15.8 Å². The molecule has 0 atom stereocenters. The van der Waals surface area contributed by atoms with Gasteiger partial charge in [0.2, 0.25) is 0 Å². The van der Waals surface area contributed by atoms with E-state index in [4.69, 9.17) is 5.73 Å². The summed E-state index contributed by atoms with van der Waals surface area (Å²) in [6.07, 6.45) is 0. The average molecular weight is 215 g/mol. The Bertz CT molecular complexity index is 437. The number of rotatable bonds is 2. The lowest BCUT2D eigenvalue weighted by Gasteiger charge is -2.08. The Labute approximate surface area is 83.3 Å². The molecule has 78 valence electrons. The Morgan fingerprint density at radius 3 is 2.36 bits per heavy atom. The minimum absolute atomic E-state index is 0.0965. The van der Waals surface area contributed by atoms with Crippen LogP contribution in [0.4, 0.5) is 5.69 Å². The van der Waals surface area contributed by atoms with E-state index in [1.165, 1.54) is 18.2 Å². The fourth-order valence-corrected chi connectivity index (χ4v) is 2.05. The van der Waals surface area contributed by atoms with E-state index in [2.05, 4.69) is 0 Å². The minimum atomic E-state index is -3.33. The number of nitrogen functional groups attached to an aromatic ring is 1. The first kappa shape index (κ1) is 10.8. The standard InChI is InChI=1S/C9H13NO3S/c1-6(2)14(12,13)7-3-4-8(10)9(11)5-7/h3-6,11H,10H2,1-2H3. The van der Waals surface area contributed by atoms with Crippen molar-refractivity contribution >= 4 is 15.5 Å². The summed E-state index contributed by atoms with van der Waals surface area (Å²) < 4.78 is 23.3. The predicted molar refractivity (Wildman–Crippen MR) is 54.8 cm³/mol. The average Bonchev–Trinajstić information content (AvgIpc) is 2.09. The fraction of sp³-hybridized carbons (Fsp3) is 0.333. The van der Waals surface area contributed by atoms with Gasteiger partial charge in [-0.15, -0.1) is 0 Å². The summed E-state index contributed by atoms with van der Waals surface area (Å²) in [7, 11) is -3.33. The molecule has 0 saturated carbocycles. The number of hydrogen-bond acceptors (Lipinski definition) is 4. The third-order valence-electron chi connectivity index (χ3n) is 1.95. The Morgan fingerprint density at radius 2 is 1.93 bits per heavy atom. The molecule has 0 radical (unpaired) electrons. The maximum Gasteiger partial charge on any atom is 0.180 e. The van der Waals surface area contributed by atoms with Crippen molar-refractivity contribution in [3.63, 3.8) is 0 Å². The molecule has 0 aliphatic carbocycles. The normalized spacial score (nSPS) is 11.9. The molecule has 0 aliphatic heterocycles. The molecule has 0 heterocycles. The lowest BCUT2D eigenvalue weighted by Crippen LogP contribution is -2.13. The zero-order valence-corrected chi connectivity index (χ0v) is 8.88. The van der Waals surface area contributed by atoms with Crippen LogP contribution in [-0.2, 0) is 9.84 Å². The zero-order valence-electron chi connectivity index (χ0n) is 8.06. The number of hydrogen-bond donors (Lipinski definition) is 2. The highest BCUT2D eigenvalue weighted by Gasteiger charge is 2.19. The van der Waals surface area contributed by atoms with Crippen molar-refractivity contribution in [1.82, 2.24) is 0 Å². The third kappa shape index (κ3) is 1.82. The van der Waals surface area contributed by atoms with Gasteiger partial charge < -0.3 is 10.8 Å². The molecule has 0 aromatic heterocycles. The van der Waals surface area contributed by atoms with Crippen molar-refractivity contribution in [2.45, 2.75) is 24.0 Å². The van der Waals surface area contributed by atoms with Crippen molar-refractivity contribution in [3.8, 4) is 5.75 Å². The number of aromatic hydroxyl groups is 1. The molecule has 1 aromatic rings. The van der Waals surface area contributed by atoms with E-state index in [-0.39, 0.29) is 16.3 Å².